The lowest BCUT2D eigenvalue weighted by atomic mass is 10.0. The summed E-state index contributed by atoms with van der Waals surface area (Å²) in [6, 6.07) is 0. The number of hydrogen-bond acceptors (Lipinski definition) is 2. The quantitative estimate of drug-likeness (QED) is 0.432. The number of thiocarbonyl (C=S) groups is 1. The smallest absolute Gasteiger partial charge is 0.0727 e. The summed E-state index contributed by atoms with van der Waals surface area (Å²) in [6.45, 7) is 2.23. The third kappa shape index (κ3) is 11.9. The molecule has 0 saturated heterocycles. The van der Waals surface area contributed by atoms with Gasteiger partial charge in [0.2, 0.25) is 0 Å². The lowest BCUT2D eigenvalue weighted by molar-refractivity contribution is 0.149. The molecule has 0 saturated carbocycles. The fourth-order valence-electron chi connectivity index (χ4n) is 1.82. The molecule has 0 heterocycles. The van der Waals surface area contributed by atoms with Crippen LogP contribution < -0.4 is 5.73 Å². The van der Waals surface area contributed by atoms with Crippen LogP contribution in [-0.4, -0.2) is 16.2 Å². The molecule has 0 rings (SSSR count). The topological polar surface area (TPSA) is 46.2 Å². The summed E-state index contributed by atoms with van der Waals surface area (Å²) in [5.41, 5.74) is 5.40. The zero-order chi connectivity index (χ0) is 12.2. The Morgan fingerprint density at radius 3 is 2.25 bits per heavy atom. The van der Waals surface area contributed by atoms with Crippen molar-refractivity contribution in [1.29, 1.82) is 0 Å². The van der Waals surface area contributed by atoms with Crippen molar-refractivity contribution in [2.75, 3.05) is 0 Å². The second kappa shape index (κ2) is 11.3. The molecule has 0 fully saturated rings. The van der Waals surface area contributed by atoms with Gasteiger partial charge in [-0.1, -0.05) is 57.7 Å². The average Bonchev–Trinajstić information content (AvgIpc) is 2.22. The van der Waals surface area contributed by atoms with Crippen molar-refractivity contribution < 1.29 is 5.11 Å². The van der Waals surface area contributed by atoms with E-state index in [0.29, 0.717) is 4.99 Å². The van der Waals surface area contributed by atoms with E-state index in [9.17, 15) is 5.11 Å². The Balaban J connectivity index is 3.17. The second-order valence-electron chi connectivity index (χ2n) is 4.57. The number of aliphatic hydroxyl groups excluding tert-OH is 1. The van der Waals surface area contributed by atoms with Crippen molar-refractivity contribution in [3.8, 4) is 0 Å². The van der Waals surface area contributed by atoms with Gasteiger partial charge in [-0.15, -0.1) is 0 Å². The lowest BCUT2D eigenvalue weighted by Crippen LogP contribution is -2.11. The number of rotatable bonds is 11. The summed E-state index contributed by atoms with van der Waals surface area (Å²) in [6.07, 6.45) is 11.0. The molecule has 0 aliphatic heterocycles. The van der Waals surface area contributed by atoms with E-state index in [4.69, 9.17) is 18.0 Å². The highest BCUT2D eigenvalue weighted by Crippen LogP contribution is 2.11. The van der Waals surface area contributed by atoms with Gasteiger partial charge in [0.05, 0.1) is 11.1 Å². The van der Waals surface area contributed by atoms with Gasteiger partial charge in [0, 0.05) is 0 Å². The van der Waals surface area contributed by atoms with Crippen LogP contribution in [0.25, 0.3) is 0 Å². The SMILES string of the molecule is CCCCCCCCC(O)CCCC(N)=S. The van der Waals surface area contributed by atoms with Crippen LogP contribution in [0, 0.1) is 0 Å². The average molecular weight is 245 g/mol. The van der Waals surface area contributed by atoms with Gasteiger partial charge in [-0.3, -0.25) is 0 Å². The van der Waals surface area contributed by atoms with Gasteiger partial charge >= 0.3 is 0 Å². The fourth-order valence-corrected chi connectivity index (χ4v) is 1.96. The fraction of sp³-hybridized carbons (Fsp3) is 0.923. The molecule has 96 valence electrons. The van der Waals surface area contributed by atoms with Crippen LogP contribution in [-0.2, 0) is 0 Å². The molecule has 0 radical (unpaired) electrons. The maximum atomic E-state index is 9.68. The van der Waals surface area contributed by atoms with Gasteiger partial charge in [0.15, 0.2) is 0 Å². The zero-order valence-electron chi connectivity index (χ0n) is 10.6. The van der Waals surface area contributed by atoms with Crippen molar-refractivity contribution in [2.45, 2.75) is 77.2 Å². The summed E-state index contributed by atoms with van der Waals surface area (Å²) in [7, 11) is 0. The molecule has 0 aromatic rings. The molecule has 2 nitrogen and oxygen atoms in total. The molecule has 3 heteroatoms. The predicted octanol–water partition coefficient (Wildman–Crippen LogP) is 3.55. The van der Waals surface area contributed by atoms with Crippen LogP contribution in [0.2, 0.25) is 0 Å². The summed E-state index contributed by atoms with van der Waals surface area (Å²) >= 11 is 4.79. The van der Waals surface area contributed by atoms with Gasteiger partial charge < -0.3 is 10.8 Å². The van der Waals surface area contributed by atoms with Crippen molar-refractivity contribution in [3.63, 3.8) is 0 Å². The first-order valence-corrected chi connectivity index (χ1v) is 7.04. The number of unbranched alkanes of at least 4 members (excludes halogenated alkanes) is 5. The Labute approximate surface area is 106 Å². The highest BCUT2D eigenvalue weighted by Gasteiger charge is 2.03. The highest BCUT2D eigenvalue weighted by molar-refractivity contribution is 7.80. The summed E-state index contributed by atoms with van der Waals surface area (Å²) in [4.78, 5) is 0.562. The van der Waals surface area contributed by atoms with E-state index in [0.717, 1.165) is 32.1 Å². The maximum Gasteiger partial charge on any atom is 0.0727 e. The minimum Gasteiger partial charge on any atom is -0.393 e. The van der Waals surface area contributed by atoms with E-state index in [1.807, 2.05) is 0 Å². The molecule has 0 bridgehead atoms. The molecule has 0 amide bonds. The second-order valence-corrected chi connectivity index (χ2v) is 5.09. The van der Waals surface area contributed by atoms with Crippen molar-refractivity contribution >= 4 is 17.2 Å². The molecule has 0 aromatic heterocycles. The first kappa shape index (κ1) is 15.9. The van der Waals surface area contributed by atoms with E-state index >= 15 is 0 Å². The molecule has 0 aliphatic rings. The molecule has 1 atom stereocenters. The predicted molar refractivity (Wildman–Crippen MR) is 74.6 cm³/mol. The normalized spacial score (nSPS) is 12.6. The Hall–Kier alpha value is -0.150. The number of aliphatic hydroxyl groups is 1. The monoisotopic (exact) mass is 245 g/mol. The van der Waals surface area contributed by atoms with Crippen LogP contribution in [0.3, 0.4) is 0 Å². The Morgan fingerprint density at radius 1 is 1.06 bits per heavy atom. The van der Waals surface area contributed by atoms with Gasteiger partial charge in [-0.05, 0) is 25.7 Å². The molecule has 16 heavy (non-hydrogen) atoms. The minimum absolute atomic E-state index is 0.152. The molecule has 0 aliphatic carbocycles. The van der Waals surface area contributed by atoms with Gasteiger partial charge in [0.1, 0.15) is 0 Å². The highest BCUT2D eigenvalue weighted by atomic mass is 32.1. The largest absolute Gasteiger partial charge is 0.393 e. The van der Waals surface area contributed by atoms with Crippen molar-refractivity contribution in [1.82, 2.24) is 0 Å². The summed E-state index contributed by atoms with van der Waals surface area (Å²) < 4.78 is 0. The van der Waals surface area contributed by atoms with Crippen LogP contribution in [0.1, 0.15) is 71.1 Å². The van der Waals surface area contributed by atoms with Crippen molar-refractivity contribution in [2.24, 2.45) is 5.73 Å². The van der Waals surface area contributed by atoms with Crippen LogP contribution >= 0.6 is 12.2 Å². The van der Waals surface area contributed by atoms with E-state index < -0.39 is 0 Å². The van der Waals surface area contributed by atoms with E-state index in [2.05, 4.69) is 6.92 Å². The third-order valence-corrected chi connectivity index (χ3v) is 3.06. The molecule has 0 aromatic carbocycles. The van der Waals surface area contributed by atoms with E-state index in [-0.39, 0.29) is 6.10 Å². The molecule has 1 unspecified atom stereocenters. The van der Waals surface area contributed by atoms with Crippen molar-refractivity contribution in [3.05, 3.63) is 0 Å². The Bertz CT molecular complexity index is 173. The Morgan fingerprint density at radius 2 is 1.62 bits per heavy atom. The standard InChI is InChI=1S/C13H27NOS/c1-2-3-4-5-6-7-9-12(15)10-8-11-13(14)16/h12,15H,2-11H2,1H3,(H2,14,16). The first-order chi connectivity index (χ1) is 7.66. The molecular formula is C13H27NOS. The first-order valence-electron chi connectivity index (χ1n) is 6.63. The van der Waals surface area contributed by atoms with E-state index in [1.165, 1.54) is 32.1 Å². The Kier molecular flexibility index (Phi) is 11.2. The summed E-state index contributed by atoms with van der Waals surface area (Å²) in [5.74, 6) is 0. The van der Waals surface area contributed by atoms with Gasteiger partial charge in [-0.25, -0.2) is 0 Å². The number of nitrogens with two attached hydrogens (primary N) is 1. The van der Waals surface area contributed by atoms with Crippen LogP contribution in [0.5, 0.6) is 0 Å². The number of hydrogen-bond donors (Lipinski definition) is 2. The molecule has 0 spiro atoms. The van der Waals surface area contributed by atoms with Crippen LogP contribution in [0.15, 0.2) is 0 Å². The van der Waals surface area contributed by atoms with Gasteiger partial charge in [0.25, 0.3) is 0 Å². The zero-order valence-corrected chi connectivity index (χ0v) is 11.4. The molecular weight excluding hydrogens is 218 g/mol. The van der Waals surface area contributed by atoms with E-state index in [1.54, 1.807) is 0 Å². The lowest BCUT2D eigenvalue weighted by Gasteiger charge is -2.09. The van der Waals surface area contributed by atoms with Crippen LogP contribution in [0.4, 0.5) is 0 Å². The molecule has 3 N–H and O–H groups in total. The third-order valence-electron chi connectivity index (χ3n) is 2.85. The summed E-state index contributed by atoms with van der Waals surface area (Å²) in [5, 5.41) is 9.68. The van der Waals surface area contributed by atoms with Gasteiger partial charge in [-0.2, -0.15) is 0 Å². The minimum atomic E-state index is -0.152. The maximum absolute atomic E-state index is 9.68.